The van der Waals surface area contributed by atoms with E-state index in [4.69, 9.17) is 14.2 Å². The van der Waals surface area contributed by atoms with Crippen LogP contribution >= 0.6 is 0 Å². The molecule has 0 aromatic heterocycles. The summed E-state index contributed by atoms with van der Waals surface area (Å²) in [6.07, 6.45) is 0. The van der Waals surface area contributed by atoms with E-state index < -0.39 is 0 Å². The first-order valence-electron chi connectivity index (χ1n) is 9.39. The Morgan fingerprint density at radius 2 is 1.66 bits per heavy atom. The number of anilines is 1. The SMILES string of the molecule is COc1cccc(OC)c1C(=O)Nc1ccc(C(=O)N2CCOCC2(C)C)cc1. The third kappa shape index (κ3) is 4.35. The minimum Gasteiger partial charge on any atom is -0.496 e. The molecule has 1 N–H and O–H groups in total. The Morgan fingerprint density at radius 1 is 1.03 bits per heavy atom. The van der Waals surface area contributed by atoms with Gasteiger partial charge < -0.3 is 24.4 Å². The number of amides is 2. The zero-order valence-electron chi connectivity index (χ0n) is 17.2. The summed E-state index contributed by atoms with van der Waals surface area (Å²) in [6.45, 7) is 5.56. The van der Waals surface area contributed by atoms with Crippen LogP contribution in [0.25, 0.3) is 0 Å². The Labute approximate surface area is 170 Å². The van der Waals surface area contributed by atoms with Gasteiger partial charge in [0.2, 0.25) is 0 Å². The molecule has 1 heterocycles. The molecule has 1 aliphatic rings. The van der Waals surface area contributed by atoms with Crippen LogP contribution in [0, 0.1) is 0 Å². The lowest BCUT2D eigenvalue weighted by Gasteiger charge is -2.42. The van der Waals surface area contributed by atoms with E-state index in [-0.39, 0.29) is 17.4 Å². The Balaban J connectivity index is 1.76. The summed E-state index contributed by atoms with van der Waals surface area (Å²) in [6, 6.07) is 12.0. The van der Waals surface area contributed by atoms with Gasteiger partial charge in [0, 0.05) is 17.8 Å². The smallest absolute Gasteiger partial charge is 0.263 e. The first-order chi connectivity index (χ1) is 13.9. The fourth-order valence-corrected chi connectivity index (χ4v) is 3.36. The third-order valence-corrected chi connectivity index (χ3v) is 4.93. The van der Waals surface area contributed by atoms with Crippen molar-refractivity contribution in [2.75, 3.05) is 39.3 Å². The normalized spacial score (nSPS) is 15.5. The Hall–Kier alpha value is -3.06. The maximum absolute atomic E-state index is 12.9. The molecule has 0 aliphatic carbocycles. The lowest BCUT2D eigenvalue weighted by Crippen LogP contribution is -2.55. The molecular weight excluding hydrogens is 372 g/mol. The number of morpholine rings is 1. The van der Waals surface area contributed by atoms with E-state index in [1.165, 1.54) is 14.2 Å². The van der Waals surface area contributed by atoms with Crippen molar-refractivity contribution in [3.63, 3.8) is 0 Å². The van der Waals surface area contributed by atoms with Crippen molar-refractivity contribution >= 4 is 17.5 Å². The van der Waals surface area contributed by atoms with Crippen molar-refractivity contribution in [3.8, 4) is 11.5 Å². The molecule has 2 amide bonds. The minimum atomic E-state index is -0.358. The van der Waals surface area contributed by atoms with Gasteiger partial charge in [0.15, 0.2) is 0 Å². The van der Waals surface area contributed by atoms with Crippen molar-refractivity contribution in [3.05, 3.63) is 53.6 Å². The summed E-state index contributed by atoms with van der Waals surface area (Å²) in [4.78, 5) is 27.5. The van der Waals surface area contributed by atoms with Crippen LogP contribution in [0.2, 0.25) is 0 Å². The van der Waals surface area contributed by atoms with Crippen LogP contribution in [0.4, 0.5) is 5.69 Å². The van der Waals surface area contributed by atoms with Gasteiger partial charge in [0.25, 0.3) is 11.8 Å². The number of nitrogens with zero attached hydrogens (tertiary/aromatic N) is 1. The van der Waals surface area contributed by atoms with Gasteiger partial charge >= 0.3 is 0 Å². The van der Waals surface area contributed by atoms with Crippen LogP contribution in [0.15, 0.2) is 42.5 Å². The first kappa shape index (κ1) is 20.7. The Morgan fingerprint density at radius 3 is 2.21 bits per heavy atom. The van der Waals surface area contributed by atoms with E-state index in [1.807, 2.05) is 18.7 Å². The molecule has 2 aromatic rings. The van der Waals surface area contributed by atoms with E-state index in [0.717, 1.165) is 0 Å². The second kappa shape index (κ2) is 8.53. The van der Waals surface area contributed by atoms with Gasteiger partial charge in [-0.3, -0.25) is 9.59 Å². The van der Waals surface area contributed by atoms with Crippen LogP contribution in [0.5, 0.6) is 11.5 Å². The molecule has 1 saturated heterocycles. The summed E-state index contributed by atoms with van der Waals surface area (Å²) in [5.41, 5.74) is 1.09. The lowest BCUT2D eigenvalue weighted by molar-refractivity contribution is -0.0370. The monoisotopic (exact) mass is 398 g/mol. The second-order valence-corrected chi connectivity index (χ2v) is 7.39. The molecule has 0 radical (unpaired) electrons. The summed E-state index contributed by atoms with van der Waals surface area (Å²) < 4.78 is 16.0. The maximum atomic E-state index is 12.9. The molecular formula is C22H26N2O5. The van der Waals surface area contributed by atoms with E-state index >= 15 is 0 Å². The van der Waals surface area contributed by atoms with Gasteiger partial charge in [-0.2, -0.15) is 0 Å². The molecule has 1 aliphatic heterocycles. The summed E-state index contributed by atoms with van der Waals surface area (Å²) in [5.74, 6) is 0.432. The minimum absolute atomic E-state index is 0.0532. The highest BCUT2D eigenvalue weighted by Crippen LogP contribution is 2.29. The van der Waals surface area contributed by atoms with E-state index in [0.29, 0.717) is 48.1 Å². The molecule has 1 fully saturated rings. The highest BCUT2D eigenvalue weighted by Gasteiger charge is 2.34. The van der Waals surface area contributed by atoms with Gasteiger partial charge in [0.05, 0.1) is 33.0 Å². The topological polar surface area (TPSA) is 77.1 Å². The summed E-state index contributed by atoms with van der Waals surface area (Å²) in [5, 5.41) is 2.83. The quantitative estimate of drug-likeness (QED) is 0.837. The molecule has 0 saturated carbocycles. The van der Waals surface area contributed by atoms with E-state index in [9.17, 15) is 9.59 Å². The molecule has 7 heteroatoms. The van der Waals surface area contributed by atoms with E-state index in [2.05, 4.69) is 5.32 Å². The van der Waals surface area contributed by atoms with Crippen molar-refractivity contribution in [2.24, 2.45) is 0 Å². The van der Waals surface area contributed by atoms with Gasteiger partial charge in [-0.25, -0.2) is 0 Å². The largest absolute Gasteiger partial charge is 0.496 e. The van der Waals surface area contributed by atoms with Gasteiger partial charge in [-0.15, -0.1) is 0 Å². The van der Waals surface area contributed by atoms with Crippen molar-refractivity contribution < 1.29 is 23.8 Å². The summed E-state index contributed by atoms with van der Waals surface area (Å²) >= 11 is 0. The molecule has 154 valence electrons. The maximum Gasteiger partial charge on any atom is 0.263 e. The molecule has 0 atom stereocenters. The summed E-state index contributed by atoms with van der Waals surface area (Å²) in [7, 11) is 3.00. The van der Waals surface area contributed by atoms with Crippen LogP contribution in [0.1, 0.15) is 34.6 Å². The standard InChI is InChI=1S/C22H26N2O5/c1-22(2)14-29-13-12-24(22)21(26)15-8-10-16(11-9-15)23-20(25)19-17(27-3)6-5-7-18(19)28-4/h5-11H,12-14H2,1-4H3,(H,23,25). The van der Waals surface area contributed by atoms with Gasteiger partial charge in [0.1, 0.15) is 17.1 Å². The molecule has 3 rings (SSSR count). The second-order valence-electron chi connectivity index (χ2n) is 7.39. The zero-order valence-corrected chi connectivity index (χ0v) is 17.2. The number of carbonyl (C=O) groups excluding carboxylic acids is 2. The van der Waals surface area contributed by atoms with Crippen LogP contribution in [-0.2, 0) is 4.74 Å². The van der Waals surface area contributed by atoms with Crippen molar-refractivity contribution in [1.29, 1.82) is 0 Å². The highest BCUT2D eigenvalue weighted by atomic mass is 16.5. The molecule has 2 aromatic carbocycles. The van der Waals surface area contributed by atoms with Gasteiger partial charge in [-0.1, -0.05) is 6.07 Å². The lowest BCUT2D eigenvalue weighted by atomic mass is 10.0. The first-order valence-corrected chi connectivity index (χ1v) is 9.39. The molecule has 0 spiro atoms. The van der Waals surface area contributed by atoms with Gasteiger partial charge in [-0.05, 0) is 50.2 Å². The average Bonchev–Trinajstić information content (AvgIpc) is 2.72. The van der Waals surface area contributed by atoms with Crippen molar-refractivity contribution in [1.82, 2.24) is 4.90 Å². The number of rotatable bonds is 5. The fraction of sp³-hybridized carbons (Fsp3) is 0.364. The fourth-order valence-electron chi connectivity index (χ4n) is 3.36. The number of ether oxygens (including phenoxy) is 3. The average molecular weight is 398 g/mol. The van der Waals surface area contributed by atoms with E-state index in [1.54, 1.807) is 42.5 Å². The number of hydrogen-bond donors (Lipinski definition) is 1. The van der Waals surface area contributed by atoms with Crippen LogP contribution in [0.3, 0.4) is 0 Å². The predicted molar refractivity (Wildman–Crippen MR) is 110 cm³/mol. The molecule has 0 bridgehead atoms. The molecule has 7 nitrogen and oxygen atoms in total. The Bertz CT molecular complexity index is 870. The van der Waals surface area contributed by atoms with Crippen LogP contribution in [-0.4, -0.2) is 56.2 Å². The number of hydrogen-bond acceptors (Lipinski definition) is 5. The number of benzene rings is 2. The predicted octanol–water partition coefficient (Wildman–Crippen LogP) is 3.21. The Kier molecular flexibility index (Phi) is 6.08. The zero-order chi connectivity index (χ0) is 21.0. The molecule has 0 unspecified atom stereocenters. The van der Waals surface area contributed by atoms with Crippen LogP contribution < -0.4 is 14.8 Å². The number of carbonyl (C=O) groups is 2. The number of nitrogens with one attached hydrogen (secondary N) is 1. The third-order valence-electron chi connectivity index (χ3n) is 4.93. The molecule has 29 heavy (non-hydrogen) atoms. The van der Waals surface area contributed by atoms with Crippen molar-refractivity contribution in [2.45, 2.75) is 19.4 Å². The number of methoxy groups -OCH3 is 2. The highest BCUT2D eigenvalue weighted by molar-refractivity contribution is 6.08.